The maximum atomic E-state index is 12.7. The zero-order valence-corrected chi connectivity index (χ0v) is 13.2. The van der Waals surface area contributed by atoms with Crippen LogP contribution in [0.4, 0.5) is 0 Å². The molecule has 1 N–H and O–H groups in total. The smallest absolute Gasteiger partial charge is 0.154 e. The number of nitrogens with one attached hydrogen (secondary N) is 1. The fourth-order valence-corrected chi connectivity index (χ4v) is 6.51. The number of hydrogen-bond acceptors (Lipinski definition) is 3. The second-order valence-electron chi connectivity index (χ2n) is 6.50. The molecule has 2 saturated carbocycles. The largest absolute Gasteiger partial charge is 0.316 e. The van der Waals surface area contributed by atoms with Gasteiger partial charge in [0.05, 0.1) is 11.0 Å². The second-order valence-corrected chi connectivity index (χ2v) is 8.77. The molecule has 0 aromatic rings. The van der Waals surface area contributed by atoms with Gasteiger partial charge in [0.2, 0.25) is 0 Å². The van der Waals surface area contributed by atoms with Crippen molar-refractivity contribution in [1.82, 2.24) is 5.32 Å². The summed E-state index contributed by atoms with van der Waals surface area (Å²) in [5, 5.41) is 3.11. The fraction of sp³-hybridized carbons (Fsp3) is 1.00. The van der Waals surface area contributed by atoms with E-state index in [4.69, 9.17) is 0 Å². The first-order valence-electron chi connectivity index (χ1n) is 7.95. The maximum Gasteiger partial charge on any atom is 0.154 e. The summed E-state index contributed by atoms with van der Waals surface area (Å²) >= 11 is 0. The van der Waals surface area contributed by atoms with E-state index in [1.165, 1.54) is 19.3 Å². The van der Waals surface area contributed by atoms with Crippen LogP contribution in [-0.4, -0.2) is 32.5 Å². The molecule has 2 fully saturated rings. The summed E-state index contributed by atoms with van der Waals surface area (Å²) in [6.45, 7) is 2.19. The van der Waals surface area contributed by atoms with Crippen LogP contribution in [0.2, 0.25) is 0 Å². The van der Waals surface area contributed by atoms with Crippen molar-refractivity contribution in [2.45, 2.75) is 69.6 Å². The predicted molar refractivity (Wildman–Crippen MR) is 80.0 cm³/mol. The van der Waals surface area contributed by atoms with E-state index < -0.39 is 9.84 Å². The van der Waals surface area contributed by atoms with Gasteiger partial charge in [-0.1, -0.05) is 26.2 Å². The molecular formula is C15H29NO2S. The van der Waals surface area contributed by atoms with Crippen LogP contribution in [0.15, 0.2) is 0 Å². The van der Waals surface area contributed by atoms with E-state index >= 15 is 0 Å². The van der Waals surface area contributed by atoms with Crippen LogP contribution in [0, 0.1) is 11.8 Å². The Bertz CT molecular complexity index is 374. The Labute approximate surface area is 118 Å². The quantitative estimate of drug-likeness (QED) is 0.845. The summed E-state index contributed by atoms with van der Waals surface area (Å²) in [6, 6.07) is 0.175. The van der Waals surface area contributed by atoms with Crippen molar-refractivity contribution < 1.29 is 8.42 Å². The van der Waals surface area contributed by atoms with Crippen molar-refractivity contribution in [3.63, 3.8) is 0 Å². The highest BCUT2D eigenvalue weighted by Crippen LogP contribution is 2.34. The van der Waals surface area contributed by atoms with Crippen molar-refractivity contribution in [3.05, 3.63) is 0 Å². The molecular weight excluding hydrogens is 258 g/mol. The van der Waals surface area contributed by atoms with E-state index in [1.807, 2.05) is 7.05 Å². The van der Waals surface area contributed by atoms with Crippen LogP contribution in [0.5, 0.6) is 0 Å². The molecule has 3 nitrogen and oxygen atoms in total. The van der Waals surface area contributed by atoms with Crippen LogP contribution in [0.1, 0.15) is 58.3 Å². The predicted octanol–water partition coefficient (Wildman–Crippen LogP) is 2.76. The van der Waals surface area contributed by atoms with Crippen molar-refractivity contribution in [1.29, 1.82) is 0 Å². The molecule has 0 aliphatic heterocycles. The van der Waals surface area contributed by atoms with E-state index in [2.05, 4.69) is 12.2 Å². The molecule has 3 atom stereocenters. The average Bonchev–Trinajstić information content (AvgIpc) is 2.90. The monoisotopic (exact) mass is 287 g/mol. The highest BCUT2D eigenvalue weighted by molar-refractivity contribution is 7.92. The third-order valence-electron chi connectivity index (χ3n) is 5.25. The van der Waals surface area contributed by atoms with Gasteiger partial charge in [-0.3, -0.25) is 0 Å². The molecule has 0 heterocycles. The lowest BCUT2D eigenvalue weighted by molar-refractivity contribution is 0.295. The van der Waals surface area contributed by atoms with E-state index in [-0.39, 0.29) is 11.3 Å². The molecule has 0 saturated heterocycles. The summed E-state index contributed by atoms with van der Waals surface area (Å²) in [6.07, 6.45) is 8.86. The summed E-state index contributed by atoms with van der Waals surface area (Å²) < 4.78 is 25.5. The zero-order chi connectivity index (χ0) is 13.9. The van der Waals surface area contributed by atoms with E-state index in [0.29, 0.717) is 17.6 Å². The SMILES string of the molecule is CCC1CCC(NC)C(S(=O)(=O)CC2CCCC2)C1. The molecule has 4 heteroatoms. The molecule has 2 aliphatic rings. The van der Waals surface area contributed by atoms with Gasteiger partial charge < -0.3 is 5.32 Å². The molecule has 3 unspecified atom stereocenters. The molecule has 0 radical (unpaired) electrons. The lowest BCUT2D eigenvalue weighted by atomic mass is 9.84. The van der Waals surface area contributed by atoms with Crippen molar-refractivity contribution in [2.75, 3.05) is 12.8 Å². The van der Waals surface area contributed by atoms with Crippen LogP contribution >= 0.6 is 0 Å². The minimum atomic E-state index is -2.93. The fourth-order valence-electron chi connectivity index (χ4n) is 3.94. The topological polar surface area (TPSA) is 46.2 Å². The average molecular weight is 287 g/mol. The molecule has 0 spiro atoms. The van der Waals surface area contributed by atoms with Gasteiger partial charge in [-0.05, 0) is 51.0 Å². The van der Waals surface area contributed by atoms with Crippen LogP contribution in [-0.2, 0) is 9.84 Å². The molecule has 19 heavy (non-hydrogen) atoms. The van der Waals surface area contributed by atoms with Gasteiger partial charge in [0, 0.05) is 6.04 Å². The molecule has 0 bridgehead atoms. The molecule has 2 rings (SSSR count). The highest BCUT2D eigenvalue weighted by atomic mass is 32.2. The summed E-state index contributed by atoms with van der Waals surface area (Å²) in [5.74, 6) is 1.48. The minimum Gasteiger partial charge on any atom is -0.316 e. The van der Waals surface area contributed by atoms with Gasteiger partial charge in [0.25, 0.3) is 0 Å². The Morgan fingerprint density at radius 1 is 1.05 bits per heavy atom. The van der Waals surface area contributed by atoms with E-state index in [0.717, 1.165) is 32.1 Å². The van der Waals surface area contributed by atoms with Crippen LogP contribution < -0.4 is 5.32 Å². The lowest BCUT2D eigenvalue weighted by Gasteiger charge is -2.35. The molecule has 0 amide bonds. The first kappa shape index (κ1) is 15.3. The lowest BCUT2D eigenvalue weighted by Crippen LogP contribution is -2.48. The van der Waals surface area contributed by atoms with E-state index in [1.54, 1.807) is 0 Å². The summed E-state index contributed by atoms with van der Waals surface area (Å²) in [7, 11) is -1.02. The normalized spacial score (nSPS) is 33.7. The van der Waals surface area contributed by atoms with E-state index in [9.17, 15) is 8.42 Å². The number of sulfone groups is 1. The Morgan fingerprint density at radius 2 is 1.74 bits per heavy atom. The van der Waals surface area contributed by atoms with Crippen molar-refractivity contribution >= 4 is 9.84 Å². The minimum absolute atomic E-state index is 0.142. The third-order valence-corrected chi connectivity index (χ3v) is 7.63. The van der Waals surface area contributed by atoms with Gasteiger partial charge >= 0.3 is 0 Å². The van der Waals surface area contributed by atoms with Crippen LogP contribution in [0.3, 0.4) is 0 Å². The summed E-state index contributed by atoms with van der Waals surface area (Å²) in [4.78, 5) is 0. The van der Waals surface area contributed by atoms with Crippen molar-refractivity contribution in [2.24, 2.45) is 11.8 Å². The molecule has 2 aliphatic carbocycles. The van der Waals surface area contributed by atoms with Crippen molar-refractivity contribution in [3.8, 4) is 0 Å². The number of rotatable bonds is 5. The first-order chi connectivity index (χ1) is 9.06. The Kier molecular flexibility index (Phi) is 5.29. The van der Waals surface area contributed by atoms with Gasteiger partial charge in [-0.25, -0.2) is 8.42 Å². The van der Waals surface area contributed by atoms with Gasteiger partial charge in [-0.2, -0.15) is 0 Å². The number of hydrogen-bond donors (Lipinski definition) is 1. The Morgan fingerprint density at radius 3 is 2.32 bits per heavy atom. The Balaban J connectivity index is 2.05. The molecule has 112 valence electrons. The maximum absolute atomic E-state index is 12.7. The third kappa shape index (κ3) is 3.72. The Hall–Kier alpha value is -0.0900. The standard InChI is InChI=1S/C15H29NO2S/c1-3-12-8-9-14(16-2)15(10-12)19(17,18)11-13-6-4-5-7-13/h12-16H,3-11H2,1-2H3. The first-order valence-corrected chi connectivity index (χ1v) is 9.67. The van der Waals surface area contributed by atoms with Gasteiger partial charge in [0.1, 0.15) is 0 Å². The molecule has 0 aromatic heterocycles. The van der Waals surface area contributed by atoms with Gasteiger partial charge in [0.15, 0.2) is 9.84 Å². The van der Waals surface area contributed by atoms with Crippen LogP contribution in [0.25, 0.3) is 0 Å². The zero-order valence-electron chi connectivity index (χ0n) is 12.4. The highest BCUT2D eigenvalue weighted by Gasteiger charge is 2.39. The summed E-state index contributed by atoms with van der Waals surface area (Å²) in [5.41, 5.74) is 0. The van der Waals surface area contributed by atoms with Gasteiger partial charge in [-0.15, -0.1) is 0 Å². The second kappa shape index (κ2) is 6.57. The molecule has 0 aromatic carbocycles.